The number of thiophene rings is 1. The highest BCUT2D eigenvalue weighted by atomic mass is 35.7. The number of anilines is 1. The van der Waals surface area contributed by atoms with Gasteiger partial charge in [-0.05, 0) is 29.6 Å². The Balaban J connectivity index is 2.35. The lowest BCUT2D eigenvalue weighted by atomic mass is 10.3. The molecular formula is C10H7Cl2NO4S3. The molecule has 0 atom stereocenters. The van der Waals surface area contributed by atoms with Gasteiger partial charge in [-0.1, -0.05) is 17.7 Å². The number of benzene rings is 1. The van der Waals surface area contributed by atoms with Crippen molar-refractivity contribution in [2.75, 3.05) is 4.72 Å². The van der Waals surface area contributed by atoms with E-state index in [1.54, 1.807) is 11.4 Å². The van der Waals surface area contributed by atoms with E-state index in [2.05, 4.69) is 4.72 Å². The monoisotopic (exact) mass is 371 g/mol. The Morgan fingerprint density at radius 2 is 1.80 bits per heavy atom. The minimum Gasteiger partial charge on any atom is -0.279 e. The molecule has 5 nitrogen and oxygen atoms in total. The molecule has 20 heavy (non-hydrogen) atoms. The molecule has 0 amide bonds. The zero-order valence-corrected chi connectivity index (χ0v) is 13.5. The summed E-state index contributed by atoms with van der Waals surface area (Å²) in [6.45, 7) is 0. The van der Waals surface area contributed by atoms with Gasteiger partial charge in [0, 0.05) is 10.7 Å². The van der Waals surface area contributed by atoms with E-state index < -0.39 is 19.1 Å². The van der Waals surface area contributed by atoms with Crippen LogP contribution >= 0.6 is 33.6 Å². The maximum Gasteiger partial charge on any atom is 0.271 e. The molecule has 108 valence electrons. The van der Waals surface area contributed by atoms with E-state index in [1.165, 1.54) is 18.2 Å². The van der Waals surface area contributed by atoms with Gasteiger partial charge in [0.15, 0.2) is 0 Å². The van der Waals surface area contributed by atoms with Crippen molar-refractivity contribution in [3.63, 3.8) is 0 Å². The Hall–Kier alpha value is -0.800. The highest BCUT2D eigenvalue weighted by molar-refractivity contribution is 8.13. The molecule has 0 aliphatic rings. The van der Waals surface area contributed by atoms with Crippen LogP contribution in [0.5, 0.6) is 0 Å². The van der Waals surface area contributed by atoms with Crippen LogP contribution in [0.25, 0.3) is 0 Å². The second-order valence-corrected chi connectivity index (χ2v) is 9.42. The van der Waals surface area contributed by atoms with E-state index in [9.17, 15) is 16.8 Å². The summed E-state index contributed by atoms with van der Waals surface area (Å²) in [4.78, 5) is -0.278. The van der Waals surface area contributed by atoms with Crippen molar-refractivity contribution < 1.29 is 16.8 Å². The Morgan fingerprint density at radius 1 is 1.10 bits per heavy atom. The third kappa shape index (κ3) is 3.44. The van der Waals surface area contributed by atoms with Crippen LogP contribution in [-0.2, 0) is 19.1 Å². The number of nitrogens with one attached hydrogen (secondary N) is 1. The van der Waals surface area contributed by atoms with Gasteiger partial charge in [-0.15, -0.1) is 11.3 Å². The number of rotatable bonds is 4. The van der Waals surface area contributed by atoms with Crippen LogP contribution in [0.3, 0.4) is 0 Å². The predicted molar refractivity (Wildman–Crippen MR) is 79.6 cm³/mol. The molecule has 2 rings (SSSR count). The quantitative estimate of drug-likeness (QED) is 0.837. The molecule has 1 aromatic carbocycles. The highest BCUT2D eigenvalue weighted by Gasteiger charge is 2.18. The average Bonchev–Trinajstić information content (AvgIpc) is 2.80. The molecule has 10 heteroatoms. The molecule has 0 saturated carbocycles. The fraction of sp³-hybridized carbons (Fsp3) is 0. The molecule has 1 aromatic heterocycles. The lowest BCUT2D eigenvalue weighted by Gasteiger charge is -2.08. The van der Waals surface area contributed by atoms with E-state index in [4.69, 9.17) is 22.3 Å². The summed E-state index contributed by atoms with van der Waals surface area (Å²) in [5, 5.41) is 1.47. The zero-order valence-electron chi connectivity index (χ0n) is 9.58. The van der Waals surface area contributed by atoms with Crippen molar-refractivity contribution in [1.82, 2.24) is 0 Å². The van der Waals surface area contributed by atoms with Gasteiger partial charge >= 0.3 is 0 Å². The van der Waals surface area contributed by atoms with Crippen molar-refractivity contribution in [2.45, 2.75) is 9.10 Å². The molecule has 0 aliphatic heterocycles. The van der Waals surface area contributed by atoms with Crippen LogP contribution in [0.15, 0.2) is 44.8 Å². The van der Waals surface area contributed by atoms with Crippen LogP contribution in [0.2, 0.25) is 5.02 Å². The van der Waals surface area contributed by atoms with Crippen LogP contribution in [0.4, 0.5) is 5.69 Å². The Labute approximate surface area is 129 Å². The summed E-state index contributed by atoms with van der Waals surface area (Å²) in [7, 11) is -2.50. The normalized spacial score (nSPS) is 12.3. The summed E-state index contributed by atoms with van der Waals surface area (Å²) in [6, 6.07) is 6.65. The summed E-state index contributed by atoms with van der Waals surface area (Å²) >= 11 is 6.83. The Morgan fingerprint density at radius 3 is 2.30 bits per heavy atom. The first-order valence-corrected chi connectivity index (χ1v) is 10.1. The summed E-state index contributed by atoms with van der Waals surface area (Å²) in [5.41, 5.74) is 0.146. The van der Waals surface area contributed by atoms with Crippen molar-refractivity contribution in [2.24, 2.45) is 0 Å². The van der Waals surface area contributed by atoms with Crippen LogP contribution in [0, 0.1) is 0 Å². The molecule has 0 fully saturated rings. The fourth-order valence-electron chi connectivity index (χ4n) is 1.38. The van der Waals surface area contributed by atoms with Gasteiger partial charge in [-0.3, -0.25) is 4.72 Å². The van der Waals surface area contributed by atoms with Crippen molar-refractivity contribution >= 4 is 58.4 Å². The Kier molecular flexibility index (Phi) is 4.31. The van der Waals surface area contributed by atoms with Crippen LogP contribution < -0.4 is 4.72 Å². The lowest BCUT2D eigenvalue weighted by Crippen LogP contribution is -2.11. The largest absolute Gasteiger partial charge is 0.279 e. The molecule has 0 saturated heterocycles. The number of sulfonamides is 1. The van der Waals surface area contributed by atoms with E-state index in [0.29, 0.717) is 0 Å². The molecule has 1 N–H and O–H groups in total. The average molecular weight is 372 g/mol. The summed E-state index contributed by atoms with van der Waals surface area (Å²) < 4.78 is 48.7. The van der Waals surface area contributed by atoms with Crippen LogP contribution in [0.1, 0.15) is 0 Å². The van der Waals surface area contributed by atoms with Gasteiger partial charge in [0.2, 0.25) is 0 Å². The molecule has 0 radical (unpaired) electrons. The second kappa shape index (κ2) is 5.53. The molecule has 0 unspecified atom stereocenters. The van der Waals surface area contributed by atoms with Gasteiger partial charge in [-0.2, -0.15) is 0 Å². The van der Waals surface area contributed by atoms with Gasteiger partial charge in [-0.25, -0.2) is 16.8 Å². The molecule has 0 spiro atoms. The van der Waals surface area contributed by atoms with Gasteiger partial charge in [0.05, 0.1) is 10.7 Å². The van der Waals surface area contributed by atoms with Gasteiger partial charge in [0.25, 0.3) is 19.1 Å². The fourth-order valence-corrected chi connectivity index (χ4v) is 4.96. The maximum absolute atomic E-state index is 12.0. The number of hydrogen-bond donors (Lipinski definition) is 1. The maximum atomic E-state index is 12.0. The van der Waals surface area contributed by atoms with Gasteiger partial charge < -0.3 is 0 Å². The van der Waals surface area contributed by atoms with E-state index in [-0.39, 0.29) is 19.8 Å². The minimum atomic E-state index is -3.97. The van der Waals surface area contributed by atoms with Crippen LogP contribution in [-0.4, -0.2) is 16.8 Å². The molecule has 0 aliphatic carbocycles. The first kappa shape index (κ1) is 15.6. The topological polar surface area (TPSA) is 80.3 Å². The van der Waals surface area contributed by atoms with Gasteiger partial charge in [0.1, 0.15) is 9.10 Å². The third-order valence-electron chi connectivity index (χ3n) is 2.21. The molecule has 2 aromatic rings. The standard InChI is InChI=1S/C10H7Cl2NO4S3/c11-8-6-7(3-4-9(8)19(12,14)15)13-20(16,17)10-2-1-5-18-10/h1-6,13H. The highest BCUT2D eigenvalue weighted by Crippen LogP contribution is 2.29. The first-order valence-electron chi connectivity index (χ1n) is 5.01. The van der Waals surface area contributed by atoms with E-state index >= 15 is 0 Å². The first-order chi connectivity index (χ1) is 9.20. The number of halogens is 2. The van der Waals surface area contributed by atoms with Crippen molar-refractivity contribution in [1.29, 1.82) is 0 Å². The molecule has 1 heterocycles. The number of hydrogen-bond acceptors (Lipinski definition) is 5. The molecular weight excluding hydrogens is 365 g/mol. The third-order valence-corrected chi connectivity index (χ3v) is 6.79. The summed E-state index contributed by atoms with van der Waals surface area (Å²) in [6.07, 6.45) is 0. The predicted octanol–water partition coefficient (Wildman–Crippen LogP) is 3.13. The molecule has 0 bridgehead atoms. The van der Waals surface area contributed by atoms with E-state index in [0.717, 1.165) is 17.4 Å². The SMILES string of the molecule is O=S(=O)(Cl)c1ccc(NS(=O)(=O)c2cccs2)cc1Cl. The summed E-state index contributed by atoms with van der Waals surface area (Å²) in [5.74, 6) is 0. The van der Waals surface area contributed by atoms with Crippen molar-refractivity contribution in [3.8, 4) is 0 Å². The van der Waals surface area contributed by atoms with E-state index in [1.807, 2.05) is 0 Å². The minimum absolute atomic E-state index is 0.141. The lowest BCUT2D eigenvalue weighted by molar-refractivity contribution is 0.603. The second-order valence-electron chi connectivity index (χ2n) is 3.62. The zero-order chi connectivity index (χ0) is 15.0. The smallest absolute Gasteiger partial charge is 0.271 e. The Bertz CT molecular complexity index is 829. The van der Waals surface area contributed by atoms with Crippen molar-refractivity contribution in [3.05, 3.63) is 40.7 Å².